The summed E-state index contributed by atoms with van der Waals surface area (Å²) in [4.78, 5) is 0. The summed E-state index contributed by atoms with van der Waals surface area (Å²) in [5.74, 6) is 1.01. The predicted molar refractivity (Wildman–Crippen MR) is 64.2 cm³/mol. The smallest absolute Gasteiger partial charge is 0.117 e. The highest BCUT2D eigenvalue weighted by Gasteiger charge is 2.11. The van der Waals surface area contributed by atoms with Gasteiger partial charge in [0.15, 0.2) is 0 Å². The molecule has 1 heterocycles. The molecule has 0 fully saturated rings. The SMILES string of the molecule is CCc1nn(C)c(SCCCOC)c1N. The van der Waals surface area contributed by atoms with Crippen LogP contribution in [0, 0.1) is 0 Å². The van der Waals surface area contributed by atoms with Crippen molar-refractivity contribution in [3.63, 3.8) is 0 Å². The van der Waals surface area contributed by atoms with Gasteiger partial charge in [0, 0.05) is 26.5 Å². The van der Waals surface area contributed by atoms with Crippen LogP contribution in [0.3, 0.4) is 0 Å². The van der Waals surface area contributed by atoms with Crippen LogP contribution in [0.2, 0.25) is 0 Å². The first-order valence-electron chi connectivity index (χ1n) is 5.13. The maximum Gasteiger partial charge on any atom is 0.117 e. The highest BCUT2D eigenvalue weighted by Crippen LogP contribution is 2.27. The third-order valence-corrected chi connectivity index (χ3v) is 3.42. The Morgan fingerprint density at radius 2 is 2.27 bits per heavy atom. The number of methoxy groups -OCH3 is 1. The van der Waals surface area contributed by atoms with E-state index in [-0.39, 0.29) is 0 Å². The monoisotopic (exact) mass is 229 g/mol. The van der Waals surface area contributed by atoms with Crippen LogP contribution < -0.4 is 5.73 Å². The molecule has 2 N–H and O–H groups in total. The van der Waals surface area contributed by atoms with Crippen LogP contribution in [-0.2, 0) is 18.2 Å². The summed E-state index contributed by atoms with van der Waals surface area (Å²) in [5, 5.41) is 5.44. The van der Waals surface area contributed by atoms with Crippen LogP contribution in [0.4, 0.5) is 5.69 Å². The molecule has 15 heavy (non-hydrogen) atoms. The lowest BCUT2D eigenvalue weighted by molar-refractivity contribution is 0.200. The van der Waals surface area contributed by atoms with Crippen LogP contribution in [0.1, 0.15) is 19.0 Å². The fourth-order valence-electron chi connectivity index (χ4n) is 1.38. The van der Waals surface area contributed by atoms with Crippen molar-refractivity contribution < 1.29 is 4.74 Å². The van der Waals surface area contributed by atoms with E-state index in [2.05, 4.69) is 12.0 Å². The Hall–Kier alpha value is -0.680. The van der Waals surface area contributed by atoms with Crippen LogP contribution >= 0.6 is 11.8 Å². The Bertz CT molecular complexity index is 312. The Morgan fingerprint density at radius 1 is 1.53 bits per heavy atom. The van der Waals surface area contributed by atoms with E-state index < -0.39 is 0 Å². The molecule has 0 spiro atoms. The lowest BCUT2D eigenvalue weighted by Gasteiger charge is -2.02. The molecule has 0 unspecified atom stereocenters. The zero-order chi connectivity index (χ0) is 11.3. The topological polar surface area (TPSA) is 53.1 Å². The minimum atomic E-state index is 0.797. The number of rotatable bonds is 6. The molecule has 0 atom stereocenters. The minimum absolute atomic E-state index is 0.797. The molecule has 0 saturated heterocycles. The predicted octanol–water partition coefficient (Wildman–Crippen LogP) is 1.69. The first kappa shape index (κ1) is 12.4. The van der Waals surface area contributed by atoms with Crippen LogP contribution in [-0.4, -0.2) is 29.3 Å². The molecule has 1 rings (SSSR count). The molecule has 0 saturated carbocycles. The van der Waals surface area contributed by atoms with Crippen molar-refractivity contribution in [1.82, 2.24) is 9.78 Å². The quantitative estimate of drug-likeness (QED) is 0.596. The Morgan fingerprint density at radius 3 is 2.80 bits per heavy atom. The Kier molecular flexibility index (Phi) is 4.98. The van der Waals surface area contributed by atoms with Gasteiger partial charge in [-0.3, -0.25) is 4.68 Å². The van der Waals surface area contributed by atoms with Crippen molar-refractivity contribution in [2.75, 3.05) is 25.2 Å². The Balaban J connectivity index is 2.56. The van der Waals surface area contributed by atoms with Gasteiger partial charge < -0.3 is 10.5 Å². The first-order valence-corrected chi connectivity index (χ1v) is 6.12. The molecule has 0 radical (unpaired) electrons. The van der Waals surface area contributed by atoms with Gasteiger partial charge >= 0.3 is 0 Å². The minimum Gasteiger partial charge on any atom is -0.395 e. The molecular weight excluding hydrogens is 210 g/mol. The summed E-state index contributed by atoms with van der Waals surface area (Å²) < 4.78 is 6.87. The van der Waals surface area contributed by atoms with Crippen molar-refractivity contribution >= 4 is 17.4 Å². The third-order valence-electron chi connectivity index (χ3n) is 2.17. The van der Waals surface area contributed by atoms with Crippen molar-refractivity contribution in [1.29, 1.82) is 0 Å². The number of nitrogens with zero attached hydrogens (tertiary/aromatic N) is 2. The molecule has 1 aromatic rings. The number of ether oxygens (including phenoxy) is 1. The molecule has 0 aliphatic heterocycles. The molecule has 5 heteroatoms. The number of hydrogen-bond acceptors (Lipinski definition) is 4. The second-order valence-electron chi connectivity index (χ2n) is 3.34. The zero-order valence-electron chi connectivity index (χ0n) is 9.62. The van der Waals surface area contributed by atoms with Crippen LogP contribution in [0.25, 0.3) is 0 Å². The van der Waals surface area contributed by atoms with E-state index in [1.807, 2.05) is 11.7 Å². The van der Waals surface area contributed by atoms with Crippen molar-refractivity contribution in [2.24, 2.45) is 7.05 Å². The third kappa shape index (κ3) is 3.14. The lowest BCUT2D eigenvalue weighted by Crippen LogP contribution is -1.96. The fraction of sp³-hybridized carbons (Fsp3) is 0.700. The number of nitrogen functional groups attached to an aromatic ring is 1. The first-order chi connectivity index (χ1) is 7.20. The van der Waals surface area contributed by atoms with Crippen molar-refractivity contribution in [3.8, 4) is 0 Å². The van der Waals surface area contributed by atoms with E-state index >= 15 is 0 Å². The van der Waals surface area contributed by atoms with Gasteiger partial charge in [-0.2, -0.15) is 5.10 Å². The van der Waals surface area contributed by atoms with Gasteiger partial charge in [0.05, 0.1) is 11.4 Å². The number of aromatic nitrogens is 2. The van der Waals surface area contributed by atoms with E-state index in [1.165, 1.54) is 0 Å². The summed E-state index contributed by atoms with van der Waals surface area (Å²) in [7, 11) is 3.66. The van der Waals surface area contributed by atoms with E-state index in [0.29, 0.717) is 0 Å². The summed E-state index contributed by atoms with van der Waals surface area (Å²) in [5.41, 5.74) is 7.82. The summed E-state index contributed by atoms with van der Waals surface area (Å²) in [6, 6.07) is 0. The molecule has 1 aromatic heterocycles. The number of nitrogens with two attached hydrogens (primary N) is 1. The number of hydrogen-bond donors (Lipinski definition) is 1. The molecule has 0 aliphatic rings. The number of thioether (sulfide) groups is 1. The van der Waals surface area contributed by atoms with E-state index in [0.717, 1.165) is 41.6 Å². The van der Waals surface area contributed by atoms with E-state index in [4.69, 9.17) is 10.5 Å². The molecule has 0 bridgehead atoms. The Labute approximate surface area is 95.2 Å². The van der Waals surface area contributed by atoms with Gasteiger partial charge in [0.25, 0.3) is 0 Å². The van der Waals surface area contributed by atoms with E-state index in [9.17, 15) is 0 Å². The number of aryl methyl sites for hydroxylation is 2. The normalized spacial score (nSPS) is 10.9. The maximum atomic E-state index is 5.99. The highest BCUT2D eigenvalue weighted by atomic mass is 32.2. The van der Waals surface area contributed by atoms with Gasteiger partial charge in [0.2, 0.25) is 0 Å². The average molecular weight is 229 g/mol. The van der Waals surface area contributed by atoms with E-state index in [1.54, 1.807) is 18.9 Å². The molecular formula is C10H19N3OS. The van der Waals surface area contributed by atoms with Gasteiger partial charge in [-0.1, -0.05) is 6.92 Å². The fourth-order valence-corrected chi connectivity index (χ4v) is 2.34. The van der Waals surface area contributed by atoms with Crippen LogP contribution in [0.5, 0.6) is 0 Å². The molecule has 0 amide bonds. The zero-order valence-corrected chi connectivity index (χ0v) is 10.4. The lowest BCUT2D eigenvalue weighted by atomic mass is 10.3. The molecule has 0 aliphatic carbocycles. The largest absolute Gasteiger partial charge is 0.395 e. The summed E-state index contributed by atoms with van der Waals surface area (Å²) in [6.07, 6.45) is 1.92. The number of anilines is 1. The van der Waals surface area contributed by atoms with Crippen molar-refractivity contribution in [3.05, 3.63) is 5.69 Å². The second kappa shape index (κ2) is 6.02. The molecule has 86 valence electrons. The van der Waals surface area contributed by atoms with Gasteiger partial charge in [-0.05, 0) is 12.8 Å². The highest BCUT2D eigenvalue weighted by molar-refractivity contribution is 7.99. The van der Waals surface area contributed by atoms with Crippen molar-refractivity contribution in [2.45, 2.75) is 24.8 Å². The molecule has 0 aromatic carbocycles. The van der Waals surface area contributed by atoms with Crippen LogP contribution in [0.15, 0.2) is 5.03 Å². The molecule has 4 nitrogen and oxygen atoms in total. The summed E-state index contributed by atoms with van der Waals surface area (Å²) in [6.45, 7) is 2.86. The standard InChI is InChI=1S/C10H19N3OS/c1-4-8-9(11)10(13(2)12-8)15-7-5-6-14-3/h4-7,11H2,1-3H3. The van der Waals surface area contributed by atoms with Gasteiger partial charge in [-0.25, -0.2) is 0 Å². The van der Waals surface area contributed by atoms with Gasteiger partial charge in [0.1, 0.15) is 5.03 Å². The van der Waals surface area contributed by atoms with Gasteiger partial charge in [-0.15, -0.1) is 11.8 Å². The maximum absolute atomic E-state index is 5.99. The second-order valence-corrected chi connectivity index (χ2v) is 4.42. The average Bonchev–Trinajstić information content (AvgIpc) is 2.50. The summed E-state index contributed by atoms with van der Waals surface area (Å²) >= 11 is 1.75.